The van der Waals surface area contributed by atoms with Gasteiger partial charge >= 0.3 is 0 Å². The van der Waals surface area contributed by atoms with E-state index in [4.69, 9.17) is 0 Å². The molecule has 0 saturated heterocycles. The van der Waals surface area contributed by atoms with E-state index in [2.05, 4.69) is 76.1 Å². The van der Waals surface area contributed by atoms with Crippen LogP contribution < -0.4 is 5.32 Å². The van der Waals surface area contributed by atoms with Gasteiger partial charge in [-0.3, -0.25) is 4.90 Å². The van der Waals surface area contributed by atoms with E-state index in [1.807, 2.05) is 0 Å². The van der Waals surface area contributed by atoms with Crippen LogP contribution in [0.4, 0.5) is 0 Å². The molecule has 0 saturated carbocycles. The Labute approximate surface area is 119 Å². The molecule has 0 unspecified atom stereocenters. The van der Waals surface area contributed by atoms with Gasteiger partial charge in [0.15, 0.2) is 0 Å². The number of hydrogen-bond donors (Lipinski definition) is 1. The van der Waals surface area contributed by atoms with Crippen molar-refractivity contribution in [2.24, 2.45) is 0 Å². The second-order valence-corrected chi connectivity index (χ2v) is 6.33. The summed E-state index contributed by atoms with van der Waals surface area (Å²) in [4.78, 5) is 2.45. The second kappa shape index (κ2) is 7.06. The first-order valence-corrected chi connectivity index (χ1v) is 7.38. The zero-order chi connectivity index (χ0) is 14.5. The highest BCUT2D eigenvalue weighted by molar-refractivity contribution is 5.27. The average Bonchev–Trinajstić information content (AvgIpc) is 2.37. The smallest absolute Gasteiger partial charge is 0.0239 e. The Balaban J connectivity index is 2.77. The maximum Gasteiger partial charge on any atom is 0.0239 e. The van der Waals surface area contributed by atoms with Gasteiger partial charge in [0, 0.05) is 24.7 Å². The molecular weight excluding hydrogens is 232 g/mol. The van der Waals surface area contributed by atoms with Gasteiger partial charge in [0.05, 0.1) is 0 Å². The van der Waals surface area contributed by atoms with E-state index in [0.29, 0.717) is 6.04 Å². The third kappa shape index (κ3) is 4.96. The molecule has 0 bridgehead atoms. The maximum absolute atomic E-state index is 3.51. The Morgan fingerprint density at radius 3 is 2.26 bits per heavy atom. The van der Waals surface area contributed by atoms with Crippen molar-refractivity contribution >= 4 is 0 Å². The topological polar surface area (TPSA) is 15.3 Å². The van der Waals surface area contributed by atoms with E-state index >= 15 is 0 Å². The maximum atomic E-state index is 3.51. The number of nitrogens with zero attached hydrogens (tertiary/aromatic N) is 1. The summed E-state index contributed by atoms with van der Waals surface area (Å²) < 4.78 is 0. The highest BCUT2D eigenvalue weighted by Crippen LogP contribution is 2.20. The highest BCUT2D eigenvalue weighted by Gasteiger charge is 2.21. The van der Waals surface area contributed by atoms with Crippen molar-refractivity contribution < 1.29 is 0 Å². The third-order valence-corrected chi connectivity index (χ3v) is 4.13. The molecule has 0 spiro atoms. The van der Waals surface area contributed by atoms with E-state index < -0.39 is 0 Å². The van der Waals surface area contributed by atoms with Gasteiger partial charge in [-0.25, -0.2) is 0 Å². The van der Waals surface area contributed by atoms with Gasteiger partial charge in [0.25, 0.3) is 0 Å². The van der Waals surface area contributed by atoms with Gasteiger partial charge < -0.3 is 5.32 Å². The molecule has 1 aromatic rings. The summed E-state index contributed by atoms with van der Waals surface area (Å²) in [5, 5.41) is 3.51. The average molecular weight is 262 g/mol. The SMILES string of the molecule is CCC(C)(C)N(C)Cc1ccccc1CNC(C)C. The standard InChI is InChI=1S/C17H30N2/c1-7-17(4,5)19(6)13-16-11-9-8-10-15(16)12-18-14(2)3/h8-11,14,18H,7,12-13H2,1-6H3. The van der Waals surface area contributed by atoms with E-state index in [9.17, 15) is 0 Å². The molecule has 0 atom stereocenters. The van der Waals surface area contributed by atoms with E-state index in [1.165, 1.54) is 11.1 Å². The minimum atomic E-state index is 0.249. The van der Waals surface area contributed by atoms with Crippen LogP contribution in [0.3, 0.4) is 0 Å². The van der Waals surface area contributed by atoms with E-state index in [1.54, 1.807) is 0 Å². The van der Waals surface area contributed by atoms with Gasteiger partial charge in [-0.05, 0) is 38.4 Å². The molecule has 2 nitrogen and oxygen atoms in total. The van der Waals surface area contributed by atoms with Crippen molar-refractivity contribution in [2.45, 2.75) is 65.7 Å². The highest BCUT2D eigenvalue weighted by atomic mass is 15.2. The monoisotopic (exact) mass is 262 g/mol. The Hall–Kier alpha value is -0.860. The van der Waals surface area contributed by atoms with Crippen LogP contribution in [0.15, 0.2) is 24.3 Å². The lowest BCUT2D eigenvalue weighted by molar-refractivity contribution is 0.142. The molecule has 0 heterocycles. The van der Waals surface area contributed by atoms with E-state index in [-0.39, 0.29) is 5.54 Å². The molecule has 2 heteroatoms. The number of nitrogens with one attached hydrogen (secondary N) is 1. The van der Waals surface area contributed by atoms with Crippen molar-refractivity contribution in [3.05, 3.63) is 35.4 Å². The minimum absolute atomic E-state index is 0.249. The zero-order valence-electron chi connectivity index (χ0n) is 13.5. The molecule has 0 amide bonds. The molecule has 1 aromatic carbocycles. The van der Waals surface area contributed by atoms with Crippen LogP contribution in [0, 0.1) is 0 Å². The van der Waals surface area contributed by atoms with Crippen LogP contribution in [-0.4, -0.2) is 23.5 Å². The van der Waals surface area contributed by atoms with Gasteiger partial charge in [0.1, 0.15) is 0 Å². The zero-order valence-corrected chi connectivity index (χ0v) is 13.5. The molecule has 0 aliphatic heterocycles. The molecular formula is C17H30N2. The van der Waals surface area contributed by atoms with E-state index in [0.717, 1.165) is 19.5 Å². The Morgan fingerprint density at radius 2 is 1.74 bits per heavy atom. The van der Waals surface area contributed by atoms with Crippen LogP contribution in [0.25, 0.3) is 0 Å². The molecule has 0 fully saturated rings. The first kappa shape index (κ1) is 16.2. The first-order chi connectivity index (χ1) is 8.86. The predicted octanol–water partition coefficient (Wildman–Crippen LogP) is 3.81. The fourth-order valence-corrected chi connectivity index (χ4v) is 1.94. The van der Waals surface area contributed by atoms with Crippen LogP contribution in [-0.2, 0) is 13.1 Å². The summed E-state index contributed by atoms with van der Waals surface area (Å²) in [7, 11) is 2.22. The summed E-state index contributed by atoms with van der Waals surface area (Å²) in [6, 6.07) is 9.28. The molecule has 0 aliphatic rings. The van der Waals surface area contributed by atoms with Gasteiger partial charge in [-0.1, -0.05) is 45.0 Å². The minimum Gasteiger partial charge on any atom is -0.310 e. The van der Waals surface area contributed by atoms with Crippen molar-refractivity contribution in [3.63, 3.8) is 0 Å². The van der Waals surface area contributed by atoms with Gasteiger partial charge in [-0.15, -0.1) is 0 Å². The van der Waals surface area contributed by atoms with Gasteiger partial charge in [0.2, 0.25) is 0 Å². The van der Waals surface area contributed by atoms with Crippen LogP contribution in [0.2, 0.25) is 0 Å². The molecule has 0 aliphatic carbocycles. The second-order valence-electron chi connectivity index (χ2n) is 6.33. The van der Waals surface area contributed by atoms with Crippen LogP contribution in [0.5, 0.6) is 0 Å². The summed E-state index contributed by atoms with van der Waals surface area (Å²) in [6.07, 6.45) is 1.16. The Morgan fingerprint density at radius 1 is 1.16 bits per heavy atom. The molecule has 0 radical (unpaired) electrons. The summed E-state index contributed by atoms with van der Waals surface area (Å²) in [6.45, 7) is 13.2. The molecule has 1 N–H and O–H groups in total. The molecule has 19 heavy (non-hydrogen) atoms. The van der Waals surface area contributed by atoms with Gasteiger partial charge in [-0.2, -0.15) is 0 Å². The summed E-state index contributed by atoms with van der Waals surface area (Å²) in [5.74, 6) is 0. The van der Waals surface area contributed by atoms with Crippen molar-refractivity contribution in [1.82, 2.24) is 10.2 Å². The largest absolute Gasteiger partial charge is 0.310 e. The lowest BCUT2D eigenvalue weighted by atomic mass is 9.98. The quantitative estimate of drug-likeness (QED) is 0.804. The van der Waals surface area contributed by atoms with Crippen LogP contribution >= 0.6 is 0 Å². The molecule has 1 rings (SSSR count). The fraction of sp³-hybridized carbons (Fsp3) is 0.647. The lowest BCUT2D eigenvalue weighted by Gasteiger charge is -2.35. The van der Waals surface area contributed by atoms with Crippen LogP contribution in [0.1, 0.15) is 52.2 Å². The number of hydrogen-bond acceptors (Lipinski definition) is 2. The predicted molar refractivity (Wildman–Crippen MR) is 84.3 cm³/mol. The first-order valence-electron chi connectivity index (χ1n) is 7.38. The fourth-order valence-electron chi connectivity index (χ4n) is 1.94. The molecule has 108 valence electrons. The summed E-state index contributed by atoms with van der Waals surface area (Å²) in [5.41, 5.74) is 3.09. The number of benzene rings is 1. The normalized spacial score (nSPS) is 12.4. The third-order valence-electron chi connectivity index (χ3n) is 4.13. The molecule has 0 aromatic heterocycles. The lowest BCUT2D eigenvalue weighted by Crippen LogP contribution is -2.40. The van der Waals surface area contributed by atoms with Crippen molar-refractivity contribution in [2.75, 3.05) is 7.05 Å². The summed E-state index contributed by atoms with van der Waals surface area (Å²) >= 11 is 0. The van der Waals surface area contributed by atoms with Crippen molar-refractivity contribution in [1.29, 1.82) is 0 Å². The Bertz CT molecular complexity index is 383. The Kier molecular flexibility index (Phi) is 6.02. The number of rotatable bonds is 7. The van der Waals surface area contributed by atoms with Crippen molar-refractivity contribution in [3.8, 4) is 0 Å².